The molecule has 7 nitrogen and oxygen atoms in total. The summed E-state index contributed by atoms with van der Waals surface area (Å²) in [5.74, 6) is 1.45. The molecule has 0 aliphatic heterocycles. The van der Waals surface area contributed by atoms with E-state index in [1.807, 2.05) is 31.2 Å². The van der Waals surface area contributed by atoms with Crippen LogP contribution in [0.3, 0.4) is 0 Å². The summed E-state index contributed by atoms with van der Waals surface area (Å²) in [4.78, 5) is 31.1. The summed E-state index contributed by atoms with van der Waals surface area (Å²) in [7, 11) is 1.58. The van der Waals surface area contributed by atoms with Gasteiger partial charge in [0.2, 0.25) is 5.91 Å². The van der Waals surface area contributed by atoms with Crippen molar-refractivity contribution in [3.05, 3.63) is 76.2 Å². The lowest BCUT2D eigenvalue weighted by molar-refractivity contribution is -0.111. The van der Waals surface area contributed by atoms with Crippen molar-refractivity contribution in [2.24, 2.45) is 0 Å². The van der Waals surface area contributed by atoms with E-state index in [0.29, 0.717) is 40.9 Å². The van der Waals surface area contributed by atoms with Crippen molar-refractivity contribution in [3.8, 4) is 22.9 Å². The maximum atomic E-state index is 12.4. The second kappa shape index (κ2) is 10.2. The van der Waals surface area contributed by atoms with Crippen molar-refractivity contribution in [3.63, 3.8) is 0 Å². The predicted octanol–water partition coefficient (Wildman–Crippen LogP) is 4.19. The van der Waals surface area contributed by atoms with Gasteiger partial charge in [-0.2, -0.15) is 0 Å². The van der Waals surface area contributed by atoms with Crippen LogP contribution in [-0.4, -0.2) is 29.6 Å². The third-order valence-corrected chi connectivity index (χ3v) is 4.35. The molecule has 0 unspecified atom stereocenters. The highest BCUT2D eigenvalue weighted by molar-refractivity contribution is 6.02. The molecule has 0 radical (unpaired) electrons. The van der Waals surface area contributed by atoms with E-state index in [0.717, 1.165) is 12.0 Å². The van der Waals surface area contributed by atoms with E-state index in [-0.39, 0.29) is 11.5 Å². The first-order valence-corrected chi connectivity index (χ1v) is 9.97. The molecule has 0 bridgehead atoms. The Bertz CT molecular complexity index is 1150. The Morgan fingerprint density at radius 2 is 2.00 bits per heavy atom. The molecule has 0 spiro atoms. The van der Waals surface area contributed by atoms with Crippen LogP contribution in [0.4, 0.5) is 5.69 Å². The summed E-state index contributed by atoms with van der Waals surface area (Å²) < 4.78 is 11.0. The number of benzene rings is 2. The Morgan fingerprint density at radius 1 is 1.16 bits per heavy atom. The number of aryl methyl sites for hydroxylation is 1. The lowest BCUT2D eigenvalue weighted by atomic mass is 10.1. The zero-order valence-corrected chi connectivity index (χ0v) is 17.8. The Balaban J connectivity index is 1.71. The van der Waals surface area contributed by atoms with Gasteiger partial charge in [-0.05, 0) is 49.2 Å². The van der Waals surface area contributed by atoms with Gasteiger partial charge in [0.05, 0.1) is 13.7 Å². The van der Waals surface area contributed by atoms with Crippen LogP contribution in [0.15, 0.2) is 59.4 Å². The Labute approximate surface area is 180 Å². The number of amides is 1. The van der Waals surface area contributed by atoms with Gasteiger partial charge in [-0.25, -0.2) is 4.98 Å². The van der Waals surface area contributed by atoms with E-state index in [4.69, 9.17) is 9.47 Å². The first-order chi connectivity index (χ1) is 15.0. The number of anilines is 1. The molecule has 0 fully saturated rings. The maximum Gasteiger partial charge on any atom is 0.251 e. The second-order valence-corrected chi connectivity index (χ2v) is 6.90. The number of aromatic nitrogens is 2. The van der Waals surface area contributed by atoms with Crippen molar-refractivity contribution < 1.29 is 14.3 Å². The van der Waals surface area contributed by atoms with Crippen LogP contribution in [0.2, 0.25) is 0 Å². The van der Waals surface area contributed by atoms with Gasteiger partial charge >= 0.3 is 0 Å². The van der Waals surface area contributed by atoms with Gasteiger partial charge in [-0.3, -0.25) is 9.59 Å². The average Bonchev–Trinajstić information content (AvgIpc) is 2.76. The number of hydrogen-bond donors (Lipinski definition) is 2. The summed E-state index contributed by atoms with van der Waals surface area (Å²) >= 11 is 0. The third kappa shape index (κ3) is 6.05. The van der Waals surface area contributed by atoms with Crippen LogP contribution < -0.4 is 20.3 Å². The summed E-state index contributed by atoms with van der Waals surface area (Å²) in [6.45, 7) is 4.40. The lowest BCUT2D eigenvalue weighted by Gasteiger charge is -2.10. The number of nitrogens with zero attached hydrogens (tertiary/aromatic N) is 1. The monoisotopic (exact) mass is 419 g/mol. The molecular weight excluding hydrogens is 394 g/mol. The minimum atomic E-state index is -0.284. The Kier molecular flexibility index (Phi) is 7.22. The number of carbonyl (C=O) groups is 1. The molecule has 1 aromatic heterocycles. The fraction of sp³-hybridized carbons (Fsp3) is 0.208. The topological polar surface area (TPSA) is 93.3 Å². The normalized spacial score (nSPS) is 10.8. The number of ether oxygens (including phenoxy) is 2. The largest absolute Gasteiger partial charge is 0.493 e. The molecule has 0 aliphatic rings. The second-order valence-electron chi connectivity index (χ2n) is 6.90. The molecule has 3 aromatic rings. The molecule has 0 saturated heterocycles. The molecule has 2 N–H and O–H groups in total. The highest BCUT2D eigenvalue weighted by atomic mass is 16.5. The van der Waals surface area contributed by atoms with Gasteiger partial charge in [-0.15, -0.1) is 0 Å². The highest BCUT2D eigenvalue weighted by Gasteiger charge is 2.06. The number of hydrogen-bond acceptors (Lipinski definition) is 5. The van der Waals surface area contributed by atoms with Gasteiger partial charge in [-0.1, -0.05) is 25.1 Å². The molecule has 160 valence electrons. The number of aromatic amines is 1. The van der Waals surface area contributed by atoms with Crippen LogP contribution in [0.5, 0.6) is 11.5 Å². The molecule has 0 saturated carbocycles. The third-order valence-electron chi connectivity index (χ3n) is 4.35. The van der Waals surface area contributed by atoms with Gasteiger partial charge in [0.15, 0.2) is 11.5 Å². The zero-order valence-electron chi connectivity index (χ0n) is 17.8. The van der Waals surface area contributed by atoms with Crippen LogP contribution in [-0.2, 0) is 4.79 Å². The summed E-state index contributed by atoms with van der Waals surface area (Å²) in [6, 6.07) is 14.1. The first-order valence-electron chi connectivity index (χ1n) is 9.97. The highest BCUT2D eigenvalue weighted by Crippen LogP contribution is 2.28. The van der Waals surface area contributed by atoms with E-state index in [1.54, 1.807) is 38.3 Å². The molecule has 1 amide bonds. The van der Waals surface area contributed by atoms with Gasteiger partial charge in [0.1, 0.15) is 5.82 Å². The molecule has 0 atom stereocenters. The molecule has 31 heavy (non-hydrogen) atoms. The van der Waals surface area contributed by atoms with E-state index in [1.165, 1.54) is 12.1 Å². The number of carbonyl (C=O) groups excluding carboxylic acids is 1. The zero-order chi connectivity index (χ0) is 22.2. The molecule has 1 heterocycles. The average molecular weight is 419 g/mol. The first kappa shape index (κ1) is 21.8. The minimum absolute atomic E-state index is 0.221. The minimum Gasteiger partial charge on any atom is -0.493 e. The summed E-state index contributed by atoms with van der Waals surface area (Å²) in [6.07, 6.45) is 4.05. The van der Waals surface area contributed by atoms with E-state index < -0.39 is 0 Å². The standard InChI is InChI=1S/C24H25N3O4/c1-4-12-31-20-10-8-17(14-21(20)30-3)9-11-22(28)26-19-7-5-6-18(15-19)24-25-16(2)13-23(29)27-24/h5-11,13-15H,4,12H2,1-3H3,(H,26,28)(H,25,27,29). The number of H-pyrrole nitrogens is 1. The molecular formula is C24H25N3O4. The van der Waals surface area contributed by atoms with Crippen LogP contribution >= 0.6 is 0 Å². The van der Waals surface area contributed by atoms with Crippen molar-refractivity contribution in [2.75, 3.05) is 19.0 Å². The van der Waals surface area contributed by atoms with Gasteiger partial charge in [0, 0.05) is 29.1 Å². The van der Waals surface area contributed by atoms with Gasteiger partial charge < -0.3 is 19.8 Å². The number of nitrogens with one attached hydrogen (secondary N) is 2. The molecule has 7 heteroatoms. The summed E-state index contributed by atoms with van der Waals surface area (Å²) in [5, 5.41) is 2.82. The lowest BCUT2D eigenvalue weighted by Crippen LogP contribution is -2.10. The molecule has 0 aliphatic carbocycles. The van der Waals surface area contributed by atoms with E-state index >= 15 is 0 Å². The van der Waals surface area contributed by atoms with E-state index in [9.17, 15) is 9.59 Å². The molecule has 2 aromatic carbocycles. The van der Waals surface area contributed by atoms with Crippen LogP contribution in [0, 0.1) is 6.92 Å². The van der Waals surface area contributed by atoms with Crippen LogP contribution in [0.25, 0.3) is 17.5 Å². The van der Waals surface area contributed by atoms with Gasteiger partial charge in [0.25, 0.3) is 5.56 Å². The maximum absolute atomic E-state index is 12.4. The van der Waals surface area contributed by atoms with E-state index in [2.05, 4.69) is 15.3 Å². The van der Waals surface area contributed by atoms with Crippen molar-refractivity contribution in [1.29, 1.82) is 0 Å². The fourth-order valence-electron chi connectivity index (χ4n) is 2.93. The van der Waals surface area contributed by atoms with Crippen LogP contribution in [0.1, 0.15) is 24.6 Å². The predicted molar refractivity (Wildman–Crippen MR) is 121 cm³/mol. The smallest absolute Gasteiger partial charge is 0.251 e. The SMILES string of the molecule is CCCOc1ccc(C=CC(=O)Nc2cccc(-c3nc(C)cc(=O)[nH]3)c2)cc1OC. The summed E-state index contributed by atoms with van der Waals surface area (Å²) in [5.41, 5.74) is 2.51. The van der Waals surface area contributed by atoms with Crippen molar-refractivity contribution in [2.45, 2.75) is 20.3 Å². The Morgan fingerprint density at radius 3 is 2.74 bits per heavy atom. The number of rotatable bonds is 8. The molecule has 3 rings (SSSR count). The van der Waals surface area contributed by atoms with Crippen molar-refractivity contribution in [1.82, 2.24) is 9.97 Å². The van der Waals surface area contributed by atoms with Crippen molar-refractivity contribution >= 4 is 17.7 Å². The quantitative estimate of drug-likeness (QED) is 0.534. The fourth-order valence-corrected chi connectivity index (χ4v) is 2.93. The number of methoxy groups -OCH3 is 1. The Hall–Kier alpha value is -3.87.